The highest BCUT2D eigenvalue weighted by atomic mass is 16.2. The standard InChI is InChI=1S/C15H24N2O/c1-11(13-9-7-6-8-10-13)16-14(18)12(2)17-15(3,4)5/h6-12,17H,1-5H3,(H,16,18)/t11-,12-/m1/s1. The van der Waals surface area contributed by atoms with Crippen LogP contribution in [0, 0.1) is 0 Å². The minimum Gasteiger partial charge on any atom is -0.348 e. The number of benzene rings is 1. The molecule has 3 heteroatoms. The molecule has 0 saturated heterocycles. The quantitative estimate of drug-likeness (QED) is 0.860. The monoisotopic (exact) mass is 248 g/mol. The highest BCUT2D eigenvalue weighted by Crippen LogP contribution is 2.11. The van der Waals surface area contributed by atoms with Crippen LogP contribution < -0.4 is 10.6 Å². The zero-order chi connectivity index (χ0) is 13.8. The van der Waals surface area contributed by atoms with Gasteiger partial charge >= 0.3 is 0 Å². The van der Waals surface area contributed by atoms with Crippen molar-refractivity contribution in [1.29, 1.82) is 0 Å². The molecule has 1 rings (SSSR count). The van der Waals surface area contributed by atoms with E-state index in [0.717, 1.165) is 5.56 Å². The van der Waals surface area contributed by atoms with E-state index in [-0.39, 0.29) is 23.5 Å². The van der Waals surface area contributed by atoms with Crippen LogP contribution in [0.5, 0.6) is 0 Å². The average molecular weight is 248 g/mol. The maximum absolute atomic E-state index is 12.0. The first-order chi connectivity index (χ1) is 8.29. The van der Waals surface area contributed by atoms with Crippen molar-refractivity contribution < 1.29 is 4.79 Å². The van der Waals surface area contributed by atoms with E-state index in [0.29, 0.717) is 0 Å². The Morgan fingerprint density at radius 2 is 1.67 bits per heavy atom. The van der Waals surface area contributed by atoms with Gasteiger partial charge in [0.1, 0.15) is 0 Å². The second-order valence-electron chi connectivity index (χ2n) is 5.76. The number of carbonyl (C=O) groups excluding carboxylic acids is 1. The molecular weight excluding hydrogens is 224 g/mol. The average Bonchev–Trinajstić information content (AvgIpc) is 2.27. The molecular formula is C15H24N2O. The molecule has 0 radical (unpaired) electrons. The van der Waals surface area contributed by atoms with Gasteiger partial charge in [-0.15, -0.1) is 0 Å². The molecule has 3 nitrogen and oxygen atoms in total. The number of carbonyl (C=O) groups is 1. The lowest BCUT2D eigenvalue weighted by molar-refractivity contribution is -0.123. The van der Waals surface area contributed by atoms with Gasteiger partial charge < -0.3 is 10.6 Å². The van der Waals surface area contributed by atoms with Gasteiger partial charge in [0.15, 0.2) is 0 Å². The summed E-state index contributed by atoms with van der Waals surface area (Å²) in [5.41, 5.74) is 1.06. The summed E-state index contributed by atoms with van der Waals surface area (Å²) in [7, 11) is 0. The summed E-state index contributed by atoms with van der Waals surface area (Å²) in [6.07, 6.45) is 0. The van der Waals surface area contributed by atoms with Crippen LogP contribution in [0.1, 0.15) is 46.2 Å². The van der Waals surface area contributed by atoms with Gasteiger partial charge in [-0.25, -0.2) is 0 Å². The van der Waals surface area contributed by atoms with Crippen molar-refractivity contribution in [3.63, 3.8) is 0 Å². The van der Waals surface area contributed by atoms with E-state index in [1.165, 1.54) is 0 Å². The molecule has 2 N–H and O–H groups in total. The molecule has 0 aliphatic carbocycles. The molecule has 0 aliphatic rings. The maximum atomic E-state index is 12.0. The minimum absolute atomic E-state index is 0.0290. The van der Waals surface area contributed by atoms with Gasteiger partial charge in [-0.1, -0.05) is 30.3 Å². The molecule has 1 aromatic carbocycles. The highest BCUT2D eigenvalue weighted by molar-refractivity contribution is 5.81. The molecule has 0 unspecified atom stereocenters. The molecule has 1 aromatic rings. The van der Waals surface area contributed by atoms with Crippen LogP contribution in [0.25, 0.3) is 0 Å². The second-order valence-corrected chi connectivity index (χ2v) is 5.76. The van der Waals surface area contributed by atoms with Gasteiger partial charge in [0.05, 0.1) is 12.1 Å². The van der Waals surface area contributed by atoms with Crippen molar-refractivity contribution in [2.45, 2.75) is 52.2 Å². The number of nitrogens with one attached hydrogen (secondary N) is 2. The summed E-state index contributed by atoms with van der Waals surface area (Å²) in [5.74, 6) is 0.0290. The Bertz CT molecular complexity index is 381. The molecule has 0 spiro atoms. The SMILES string of the molecule is C[C@@H](NC(C)(C)C)C(=O)N[C@H](C)c1ccccc1. The third-order valence-corrected chi connectivity index (χ3v) is 2.70. The van der Waals surface area contributed by atoms with E-state index >= 15 is 0 Å². The minimum atomic E-state index is -0.198. The topological polar surface area (TPSA) is 41.1 Å². The maximum Gasteiger partial charge on any atom is 0.237 e. The Labute approximate surface area is 110 Å². The van der Waals surface area contributed by atoms with Crippen LogP contribution in [-0.2, 0) is 4.79 Å². The van der Waals surface area contributed by atoms with Crippen molar-refractivity contribution >= 4 is 5.91 Å². The highest BCUT2D eigenvalue weighted by Gasteiger charge is 2.20. The molecule has 2 atom stereocenters. The summed E-state index contributed by atoms with van der Waals surface area (Å²) >= 11 is 0. The van der Waals surface area contributed by atoms with Crippen LogP contribution in [0.2, 0.25) is 0 Å². The summed E-state index contributed by atoms with van der Waals surface area (Å²) < 4.78 is 0. The summed E-state index contributed by atoms with van der Waals surface area (Å²) in [6.45, 7) is 10.0. The largest absolute Gasteiger partial charge is 0.348 e. The molecule has 100 valence electrons. The zero-order valence-electron chi connectivity index (χ0n) is 11.9. The van der Waals surface area contributed by atoms with E-state index in [1.807, 2.05) is 44.2 Å². The Hall–Kier alpha value is -1.35. The molecule has 0 aliphatic heterocycles. The second kappa shape index (κ2) is 6.01. The first-order valence-corrected chi connectivity index (χ1v) is 6.42. The smallest absolute Gasteiger partial charge is 0.237 e. The van der Waals surface area contributed by atoms with Crippen LogP contribution >= 0.6 is 0 Å². The van der Waals surface area contributed by atoms with Crippen molar-refractivity contribution in [1.82, 2.24) is 10.6 Å². The van der Waals surface area contributed by atoms with Crippen molar-refractivity contribution in [2.75, 3.05) is 0 Å². The lowest BCUT2D eigenvalue weighted by Crippen LogP contribution is -2.50. The van der Waals surface area contributed by atoms with Gasteiger partial charge in [-0.05, 0) is 40.2 Å². The van der Waals surface area contributed by atoms with Crippen LogP contribution in [0.4, 0.5) is 0 Å². The number of hydrogen-bond donors (Lipinski definition) is 2. The molecule has 1 amide bonds. The zero-order valence-corrected chi connectivity index (χ0v) is 11.9. The first-order valence-electron chi connectivity index (χ1n) is 6.42. The normalized spacial score (nSPS) is 14.9. The molecule has 0 heterocycles. The van der Waals surface area contributed by atoms with E-state index in [4.69, 9.17) is 0 Å². The van der Waals surface area contributed by atoms with Crippen molar-refractivity contribution in [3.8, 4) is 0 Å². The van der Waals surface area contributed by atoms with Crippen LogP contribution in [0.15, 0.2) is 30.3 Å². The fourth-order valence-corrected chi connectivity index (χ4v) is 1.88. The van der Waals surface area contributed by atoms with Gasteiger partial charge in [-0.3, -0.25) is 4.79 Å². The van der Waals surface area contributed by atoms with Gasteiger partial charge in [-0.2, -0.15) is 0 Å². The summed E-state index contributed by atoms with van der Waals surface area (Å²) in [5, 5.41) is 6.28. The lowest BCUT2D eigenvalue weighted by Gasteiger charge is -2.26. The Kier molecular flexibility index (Phi) is 4.91. The third kappa shape index (κ3) is 4.88. The van der Waals surface area contributed by atoms with E-state index in [1.54, 1.807) is 0 Å². The van der Waals surface area contributed by atoms with Gasteiger partial charge in [0.2, 0.25) is 5.91 Å². The molecule has 0 bridgehead atoms. The van der Waals surface area contributed by atoms with E-state index in [2.05, 4.69) is 31.4 Å². The molecule has 0 fully saturated rings. The van der Waals surface area contributed by atoms with Gasteiger partial charge in [0.25, 0.3) is 0 Å². The van der Waals surface area contributed by atoms with E-state index in [9.17, 15) is 4.79 Å². The Morgan fingerprint density at radius 1 is 1.11 bits per heavy atom. The molecule has 0 saturated carbocycles. The summed E-state index contributed by atoms with van der Waals surface area (Å²) in [4.78, 5) is 12.0. The third-order valence-electron chi connectivity index (χ3n) is 2.70. The fraction of sp³-hybridized carbons (Fsp3) is 0.533. The van der Waals surface area contributed by atoms with Gasteiger partial charge in [0, 0.05) is 5.54 Å². The van der Waals surface area contributed by atoms with Crippen LogP contribution in [0.3, 0.4) is 0 Å². The van der Waals surface area contributed by atoms with Crippen molar-refractivity contribution in [3.05, 3.63) is 35.9 Å². The summed E-state index contributed by atoms with van der Waals surface area (Å²) in [6, 6.07) is 9.81. The lowest BCUT2D eigenvalue weighted by atomic mass is 10.1. The number of rotatable bonds is 4. The van der Waals surface area contributed by atoms with Crippen molar-refractivity contribution in [2.24, 2.45) is 0 Å². The number of hydrogen-bond acceptors (Lipinski definition) is 2. The predicted octanol–water partition coefficient (Wildman–Crippen LogP) is 2.64. The molecule has 0 aromatic heterocycles. The molecule has 18 heavy (non-hydrogen) atoms. The predicted molar refractivity (Wildman–Crippen MR) is 75.4 cm³/mol. The Balaban J connectivity index is 2.55. The fourth-order valence-electron chi connectivity index (χ4n) is 1.88. The number of amides is 1. The first kappa shape index (κ1) is 14.7. The van der Waals surface area contributed by atoms with Crippen LogP contribution in [-0.4, -0.2) is 17.5 Å². The Morgan fingerprint density at radius 3 is 2.17 bits per heavy atom. The van der Waals surface area contributed by atoms with E-state index < -0.39 is 0 Å².